The smallest absolute Gasteiger partial charge is 0.243 e. The number of aliphatic hydroxyl groups excluding tert-OH is 1. The van der Waals surface area contributed by atoms with Crippen LogP contribution >= 0.6 is 0 Å². The number of likely N-dealkylation sites (N-methyl/N-ethyl adjacent to an activating group) is 1. The van der Waals surface area contributed by atoms with Gasteiger partial charge in [0.25, 0.3) is 0 Å². The van der Waals surface area contributed by atoms with Crippen molar-refractivity contribution in [3.05, 3.63) is 29.8 Å². The van der Waals surface area contributed by atoms with Crippen molar-refractivity contribution in [2.24, 2.45) is 5.73 Å². The maximum Gasteiger partial charge on any atom is 0.243 e. The third-order valence-corrected chi connectivity index (χ3v) is 4.23. The highest BCUT2D eigenvalue weighted by atomic mass is 32.2. The van der Waals surface area contributed by atoms with E-state index < -0.39 is 15.9 Å². The molecule has 0 saturated carbocycles. The van der Waals surface area contributed by atoms with E-state index in [0.717, 1.165) is 4.31 Å². The lowest BCUT2D eigenvalue weighted by molar-refractivity contribution is -0.118. The van der Waals surface area contributed by atoms with Gasteiger partial charge >= 0.3 is 0 Å². The van der Waals surface area contributed by atoms with Crippen LogP contribution in [0.3, 0.4) is 0 Å². The summed E-state index contributed by atoms with van der Waals surface area (Å²) < 4.78 is 25.1. The molecule has 0 bridgehead atoms. The van der Waals surface area contributed by atoms with Crippen molar-refractivity contribution >= 4 is 15.9 Å². The Balaban J connectivity index is 2.93. The normalized spacial score (nSPS) is 10.9. The molecule has 1 aromatic carbocycles. The summed E-state index contributed by atoms with van der Waals surface area (Å²) in [6, 6.07) is 5.95. The maximum absolute atomic E-state index is 12.1. The summed E-state index contributed by atoms with van der Waals surface area (Å²) >= 11 is 0. The van der Waals surface area contributed by atoms with Crippen LogP contribution in [0.15, 0.2) is 29.2 Å². The molecule has 1 amide bonds. The van der Waals surface area contributed by atoms with Gasteiger partial charge in [0.05, 0.1) is 18.0 Å². The summed E-state index contributed by atoms with van der Waals surface area (Å²) in [5.74, 6) is 4.81. The fourth-order valence-corrected chi connectivity index (χ4v) is 2.55. The number of hydrogen-bond donors (Lipinski definition) is 2. The van der Waals surface area contributed by atoms with Gasteiger partial charge in [0.1, 0.15) is 0 Å². The molecule has 108 valence electrons. The predicted molar refractivity (Wildman–Crippen MR) is 74.0 cm³/mol. The summed E-state index contributed by atoms with van der Waals surface area (Å²) in [4.78, 5) is 10.8. The standard InChI is InChI=1S/C13H16N2O4S/c1-15(10-13(14)17)20(18,19)12-7-5-11(6-8-12)4-2-3-9-16/h5-8,16H,3,9-10H2,1H3,(H2,14,17). The lowest BCUT2D eigenvalue weighted by Gasteiger charge is -2.15. The van der Waals surface area contributed by atoms with E-state index in [-0.39, 0.29) is 18.0 Å². The number of carbonyl (C=O) groups is 1. The Hall–Kier alpha value is -1.88. The number of benzene rings is 1. The maximum atomic E-state index is 12.1. The van der Waals surface area contributed by atoms with Crippen LogP contribution < -0.4 is 5.73 Å². The molecule has 0 heterocycles. The molecule has 0 saturated heterocycles. The minimum Gasteiger partial charge on any atom is -0.395 e. The number of aliphatic hydroxyl groups is 1. The Morgan fingerprint density at radius 2 is 1.95 bits per heavy atom. The van der Waals surface area contributed by atoms with Crippen LogP contribution in [-0.4, -0.2) is 43.9 Å². The zero-order chi connectivity index (χ0) is 15.2. The molecule has 3 N–H and O–H groups in total. The highest BCUT2D eigenvalue weighted by molar-refractivity contribution is 7.89. The second kappa shape index (κ2) is 7.05. The summed E-state index contributed by atoms with van der Waals surface area (Å²) in [5, 5.41) is 8.60. The molecule has 0 atom stereocenters. The van der Waals surface area contributed by atoms with E-state index in [4.69, 9.17) is 10.8 Å². The van der Waals surface area contributed by atoms with Gasteiger partial charge in [-0.05, 0) is 24.3 Å². The SMILES string of the molecule is CN(CC(N)=O)S(=O)(=O)c1ccc(C#CCCO)cc1. The Morgan fingerprint density at radius 1 is 1.35 bits per heavy atom. The van der Waals surface area contributed by atoms with Crippen molar-refractivity contribution in [3.63, 3.8) is 0 Å². The molecule has 0 aliphatic carbocycles. The number of nitrogens with zero attached hydrogens (tertiary/aromatic N) is 1. The molecule has 20 heavy (non-hydrogen) atoms. The van der Waals surface area contributed by atoms with Crippen LogP contribution in [0.2, 0.25) is 0 Å². The Labute approximate surface area is 118 Å². The van der Waals surface area contributed by atoms with Gasteiger partial charge in [-0.3, -0.25) is 4.79 Å². The largest absolute Gasteiger partial charge is 0.395 e. The van der Waals surface area contributed by atoms with Crippen LogP contribution in [0.1, 0.15) is 12.0 Å². The van der Waals surface area contributed by atoms with Crippen molar-refractivity contribution in [1.82, 2.24) is 4.31 Å². The lowest BCUT2D eigenvalue weighted by atomic mass is 10.2. The first kappa shape index (κ1) is 16.2. The quantitative estimate of drug-likeness (QED) is 0.717. The average Bonchev–Trinajstić information content (AvgIpc) is 2.39. The van der Waals surface area contributed by atoms with Gasteiger partial charge in [0, 0.05) is 19.0 Å². The number of carbonyl (C=O) groups excluding carboxylic acids is 1. The second-order valence-electron chi connectivity index (χ2n) is 4.03. The first-order valence-electron chi connectivity index (χ1n) is 5.82. The molecule has 6 nitrogen and oxygen atoms in total. The van der Waals surface area contributed by atoms with E-state index in [2.05, 4.69) is 11.8 Å². The Morgan fingerprint density at radius 3 is 2.45 bits per heavy atom. The number of amides is 1. The molecule has 1 rings (SSSR count). The predicted octanol–water partition coefficient (Wildman–Crippen LogP) is -0.474. The first-order chi connectivity index (χ1) is 9.37. The van der Waals surface area contributed by atoms with E-state index in [1.807, 2.05) is 0 Å². The molecular weight excluding hydrogens is 280 g/mol. The van der Waals surface area contributed by atoms with Crippen LogP contribution in [0.5, 0.6) is 0 Å². The van der Waals surface area contributed by atoms with E-state index in [1.54, 1.807) is 12.1 Å². The van der Waals surface area contributed by atoms with Gasteiger partial charge in [-0.25, -0.2) is 8.42 Å². The number of rotatable bonds is 5. The summed E-state index contributed by atoms with van der Waals surface area (Å²) in [6.07, 6.45) is 0.362. The van der Waals surface area contributed by atoms with E-state index >= 15 is 0 Å². The molecular formula is C13H16N2O4S. The molecule has 0 aliphatic rings. The van der Waals surface area contributed by atoms with Crippen LogP contribution in [-0.2, 0) is 14.8 Å². The Kier molecular flexibility index (Phi) is 5.70. The van der Waals surface area contributed by atoms with Crippen molar-refractivity contribution in [3.8, 4) is 11.8 Å². The zero-order valence-corrected chi connectivity index (χ0v) is 11.9. The van der Waals surface area contributed by atoms with E-state index in [1.165, 1.54) is 19.2 Å². The molecule has 0 radical (unpaired) electrons. The Bertz CT molecular complexity index is 627. The zero-order valence-electron chi connectivity index (χ0n) is 11.0. The van der Waals surface area contributed by atoms with Gasteiger partial charge < -0.3 is 10.8 Å². The molecule has 0 fully saturated rings. The van der Waals surface area contributed by atoms with Crippen molar-refractivity contribution < 1.29 is 18.3 Å². The highest BCUT2D eigenvalue weighted by Crippen LogP contribution is 2.14. The molecule has 0 spiro atoms. The van der Waals surface area contributed by atoms with Gasteiger partial charge in [-0.2, -0.15) is 4.31 Å². The number of sulfonamides is 1. The van der Waals surface area contributed by atoms with Gasteiger partial charge in [-0.15, -0.1) is 0 Å². The highest BCUT2D eigenvalue weighted by Gasteiger charge is 2.21. The average molecular weight is 296 g/mol. The topological polar surface area (TPSA) is 101 Å². The minimum atomic E-state index is -3.73. The number of nitrogens with two attached hydrogens (primary N) is 1. The minimum absolute atomic E-state index is 0.0165. The fraction of sp³-hybridized carbons (Fsp3) is 0.308. The summed E-state index contributed by atoms with van der Waals surface area (Å²) in [5.41, 5.74) is 5.62. The van der Waals surface area contributed by atoms with E-state index in [0.29, 0.717) is 12.0 Å². The summed E-state index contributed by atoms with van der Waals surface area (Å²) in [6.45, 7) is -0.391. The van der Waals surface area contributed by atoms with Gasteiger partial charge in [0.2, 0.25) is 15.9 Å². The molecule has 7 heteroatoms. The monoisotopic (exact) mass is 296 g/mol. The van der Waals surface area contributed by atoms with E-state index in [9.17, 15) is 13.2 Å². The first-order valence-corrected chi connectivity index (χ1v) is 7.26. The molecule has 1 aromatic rings. The third kappa shape index (κ3) is 4.35. The van der Waals surface area contributed by atoms with Crippen LogP contribution in [0, 0.1) is 11.8 Å². The number of primary amides is 1. The lowest BCUT2D eigenvalue weighted by Crippen LogP contribution is -2.35. The molecule has 0 aromatic heterocycles. The summed E-state index contributed by atoms with van der Waals surface area (Å²) in [7, 11) is -2.44. The third-order valence-electron chi connectivity index (χ3n) is 2.41. The fourth-order valence-electron chi connectivity index (χ4n) is 1.42. The van der Waals surface area contributed by atoms with Crippen LogP contribution in [0.4, 0.5) is 0 Å². The van der Waals surface area contributed by atoms with Crippen molar-refractivity contribution in [2.75, 3.05) is 20.2 Å². The molecule has 0 unspecified atom stereocenters. The van der Waals surface area contributed by atoms with Gasteiger partial charge in [-0.1, -0.05) is 11.8 Å². The van der Waals surface area contributed by atoms with Crippen molar-refractivity contribution in [2.45, 2.75) is 11.3 Å². The van der Waals surface area contributed by atoms with Crippen molar-refractivity contribution in [1.29, 1.82) is 0 Å². The van der Waals surface area contributed by atoms with Crippen LogP contribution in [0.25, 0.3) is 0 Å². The number of hydrogen-bond acceptors (Lipinski definition) is 4. The second-order valence-corrected chi connectivity index (χ2v) is 6.07. The van der Waals surface area contributed by atoms with Gasteiger partial charge in [0.15, 0.2) is 0 Å². The molecule has 0 aliphatic heterocycles.